The van der Waals surface area contributed by atoms with Gasteiger partial charge in [0.25, 0.3) is 5.82 Å². The first-order valence-corrected chi connectivity index (χ1v) is 9.02. The van der Waals surface area contributed by atoms with Gasteiger partial charge in [0.1, 0.15) is 0 Å². The van der Waals surface area contributed by atoms with Crippen molar-refractivity contribution in [3.8, 4) is 0 Å². The summed E-state index contributed by atoms with van der Waals surface area (Å²) in [7, 11) is 0. The summed E-state index contributed by atoms with van der Waals surface area (Å²) in [6.45, 7) is 7.71. The van der Waals surface area contributed by atoms with Crippen LogP contribution in [-0.4, -0.2) is 20.5 Å². The highest BCUT2D eigenvalue weighted by Crippen LogP contribution is 2.20. The lowest BCUT2D eigenvalue weighted by Gasteiger charge is -2.07. The van der Waals surface area contributed by atoms with Crippen LogP contribution in [0.15, 0.2) is 18.2 Å². The Hall–Kier alpha value is -2.87. The molecular weight excluding hydrogens is 368 g/mol. The second kappa shape index (κ2) is 7.40. The van der Waals surface area contributed by atoms with E-state index in [0.717, 1.165) is 29.9 Å². The van der Waals surface area contributed by atoms with Crippen molar-refractivity contribution in [3.63, 3.8) is 0 Å². The lowest BCUT2D eigenvalue weighted by molar-refractivity contribution is -0.678. The number of hydrogen-bond donors (Lipinski definition) is 2. The van der Waals surface area contributed by atoms with E-state index in [4.69, 9.17) is 27.8 Å². The molecule has 0 bridgehead atoms. The lowest BCUT2D eigenvalue weighted by atomic mass is 10.2. The van der Waals surface area contributed by atoms with Crippen LogP contribution >= 0.6 is 11.6 Å². The third-order valence-electron chi connectivity index (χ3n) is 4.40. The minimum atomic E-state index is -0.700. The first-order chi connectivity index (χ1) is 12.9. The average molecular weight is 390 g/mol. The van der Waals surface area contributed by atoms with Gasteiger partial charge in [0, 0.05) is 0 Å². The van der Waals surface area contributed by atoms with Crippen molar-refractivity contribution in [3.05, 3.63) is 40.4 Å². The number of anilines is 2. The molecule has 4 N–H and O–H groups in total. The molecule has 0 unspecified atom stereocenters. The maximum atomic E-state index is 12.4. The summed E-state index contributed by atoms with van der Waals surface area (Å²) in [5, 5.41) is -0.0853. The van der Waals surface area contributed by atoms with Gasteiger partial charge in [0.2, 0.25) is 0 Å². The number of hydrogen-bond acceptors (Lipinski definition) is 6. The zero-order valence-electron chi connectivity index (χ0n) is 15.5. The standard InChI is InChI=1S/C18H21ClN6O2/c1-4-24-11-7-6-10(3)8-12(11)25(5-2)13(24)9-27-18(26)14-16(20)23-17(21)15(19)22-14/h6-8H,4-5,9H2,1-3H3,(H3-,20,21,23,26)/p+1. The number of carbonyl (C=O) groups excluding carboxylic acids is 1. The number of rotatable bonds is 5. The summed E-state index contributed by atoms with van der Waals surface area (Å²) in [5.74, 6) is 0.0311. The minimum absolute atomic E-state index is 0.0315. The Balaban J connectivity index is 1.95. The fourth-order valence-electron chi connectivity index (χ4n) is 3.15. The number of imidazole rings is 1. The average Bonchev–Trinajstić information content (AvgIpc) is 2.94. The van der Waals surface area contributed by atoms with Gasteiger partial charge in [-0.3, -0.25) is 0 Å². The molecule has 0 atom stereocenters. The fraction of sp³-hybridized carbons (Fsp3) is 0.333. The summed E-state index contributed by atoms with van der Waals surface area (Å²) in [4.78, 5) is 20.1. The molecule has 8 nitrogen and oxygen atoms in total. The second-order valence-corrected chi connectivity index (χ2v) is 6.46. The number of aromatic nitrogens is 4. The predicted molar refractivity (Wildman–Crippen MR) is 103 cm³/mol. The van der Waals surface area contributed by atoms with Crippen molar-refractivity contribution >= 4 is 40.2 Å². The van der Waals surface area contributed by atoms with Gasteiger partial charge >= 0.3 is 5.97 Å². The number of nitrogens with zero attached hydrogens (tertiary/aromatic N) is 4. The molecule has 0 saturated heterocycles. The predicted octanol–water partition coefficient (Wildman–Crippen LogP) is 2.24. The Morgan fingerprint density at radius 2 is 2.00 bits per heavy atom. The first-order valence-electron chi connectivity index (χ1n) is 8.64. The Labute approximate surface area is 161 Å². The van der Waals surface area contributed by atoms with Crippen LogP contribution in [0.5, 0.6) is 0 Å². The van der Waals surface area contributed by atoms with Crippen LogP contribution in [0.4, 0.5) is 11.6 Å². The molecule has 0 aliphatic heterocycles. The van der Waals surface area contributed by atoms with E-state index >= 15 is 0 Å². The van der Waals surface area contributed by atoms with Gasteiger partial charge in [-0.15, -0.1) is 0 Å². The number of nitrogen functional groups attached to an aromatic ring is 2. The SMILES string of the molecule is CCn1c(COC(=O)c2nc(Cl)c(N)nc2N)[n+](CC)c2ccc(C)cc21. The van der Waals surface area contributed by atoms with Crippen molar-refractivity contribution in [1.29, 1.82) is 0 Å². The number of nitrogens with two attached hydrogens (primary N) is 2. The molecular formula is C18H22ClN6O2+. The maximum absolute atomic E-state index is 12.4. The zero-order chi connectivity index (χ0) is 19.7. The third kappa shape index (κ3) is 3.40. The topological polar surface area (TPSA) is 113 Å². The second-order valence-electron chi connectivity index (χ2n) is 6.11. The number of ether oxygens (including phenoxy) is 1. The Kier molecular flexibility index (Phi) is 5.18. The Bertz CT molecular complexity index is 1030. The van der Waals surface area contributed by atoms with Crippen molar-refractivity contribution in [2.24, 2.45) is 0 Å². The molecule has 3 aromatic rings. The normalized spacial score (nSPS) is 11.1. The van der Waals surface area contributed by atoms with Gasteiger partial charge in [-0.2, -0.15) is 0 Å². The molecule has 9 heteroatoms. The van der Waals surface area contributed by atoms with E-state index in [1.807, 2.05) is 6.92 Å². The molecule has 0 spiro atoms. The van der Waals surface area contributed by atoms with E-state index in [1.165, 1.54) is 5.56 Å². The van der Waals surface area contributed by atoms with Crippen LogP contribution in [0, 0.1) is 6.92 Å². The van der Waals surface area contributed by atoms with E-state index in [0.29, 0.717) is 0 Å². The molecule has 142 valence electrons. The molecule has 0 aliphatic rings. The molecule has 3 rings (SSSR count). The van der Waals surface area contributed by atoms with Gasteiger partial charge in [-0.25, -0.2) is 23.9 Å². The largest absolute Gasteiger partial charge is 0.448 e. The number of fused-ring (bicyclic) bond motifs is 1. The molecule has 1 aromatic carbocycles. The first kappa shape index (κ1) is 18.9. The summed E-state index contributed by atoms with van der Waals surface area (Å²) in [6, 6.07) is 6.27. The van der Waals surface area contributed by atoms with Gasteiger partial charge < -0.3 is 16.2 Å². The van der Waals surface area contributed by atoms with Crippen LogP contribution in [0.1, 0.15) is 35.7 Å². The Morgan fingerprint density at radius 1 is 1.26 bits per heavy atom. The number of esters is 1. The maximum Gasteiger partial charge on any atom is 0.361 e. The number of carbonyl (C=O) groups is 1. The van der Waals surface area contributed by atoms with Gasteiger partial charge in [-0.05, 0) is 38.5 Å². The van der Waals surface area contributed by atoms with E-state index in [-0.39, 0.29) is 29.1 Å². The highest BCUT2D eigenvalue weighted by molar-refractivity contribution is 6.31. The lowest BCUT2D eigenvalue weighted by Crippen LogP contribution is -2.37. The highest BCUT2D eigenvalue weighted by atomic mass is 35.5. The minimum Gasteiger partial charge on any atom is -0.448 e. The molecule has 0 saturated carbocycles. The number of aryl methyl sites for hydroxylation is 3. The molecule has 0 fully saturated rings. The summed E-state index contributed by atoms with van der Waals surface area (Å²) in [6.07, 6.45) is 0. The van der Waals surface area contributed by atoms with Crippen LogP contribution in [0.2, 0.25) is 5.15 Å². The molecule has 0 radical (unpaired) electrons. The molecule has 2 heterocycles. The smallest absolute Gasteiger partial charge is 0.361 e. The number of benzene rings is 1. The highest BCUT2D eigenvalue weighted by Gasteiger charge is 2.26. The summed E-state index contributed by atoms with van der Waals surface area (Å²) in [5.41, 5.74) is 14.5. The fourth-order valence-corrected chi connectivity index (χ4v) is 3.28. The molecule has 0 amide bonds. The monoisotopic (exact) mass is 389 g/mol. The molecule has 0 aliphatic carbocycles. The quantitative estimate of drug-likeness (QED) is 0.511. The van der Waals surface area contributed by atoms with Crippen LogP contribution in [0.25, 0.3) is 11.0 Å². The van der Waals surface area contributed by atoms with Crippen LogP contribution in [-0.2, 0) is 24.4 Å². The van der Waals surface area contributed by atoms with Gasteiger partial charge in [0.15, 0.2) is 40.1 Å². The van der Waals surface area contributed by atoms with Gasteiger partial charge in [0.05, 0.1) is 13.1 Å². The molecule has 2 aromatic heterocycles. The third-order valence-corrected chi connectivity index (χ3v) is 4.68. The van der Waals surface area contributed by atoms with E-state index in [1.54, 1.807) is 0 Å². The van der Waals surface area contributed by atoms with Crippen LogP contribution in [0.3, 0.4) is 0 Å². The molecule has 27 heavy (non-hydrogen) atoms. The van der Waals surface area contributed by atoms with Crippen molar-refractivity contribution in [1.82, 2.24) is 14.5 Å². The number of halogens is 1. The van der Waals surface area contributed by atoms with E-state index in [2.05, 4.69) is 51.1 Å². The summed E-state index contributed by atoms with van der Waals surface area (Å²) >= 11 is 5.84. The Morgan fingerprint density at radius 3 is 2.67 bits per heavy atom. The zero-order valence-corrected chi connectivity index (χ0v) is 16.2. The van der Waals surface area contributed by atoms with Gasteiger partial charge in [-0.1, -0.05) is 17.7 Å². The van der Waals surface area contributed by atoms with Crippen LogP contribution < -0.4 is 16.0 Å². The van der Waals surface area contributed by atoms with Crippen molar-refractivity contribution in [2.45, 2.75) is 40.5 Å². The van der Waals surface area contributed by atoms with Crippen molar-refractivity contribution in [2.75, 3.05) is 11.5 Å². The van der Waals surface area contributed by atoms with E-state index in [9.17, 15) is 4.79 Å². The summed E-state index contributed by atoms with van der Waals surface area (Å²) < 4.78 is 9.72. The van der Waals surface area contributed by atoms with Crippen molar-refractivity contribution < 1.29 is 14.1 Å². The van der Waals surface area contributed by atoms with E-state index < -0.39 is 5.97 Å².